The largest absolute Gasteiger partial charge is 0.0713 e. The molecule has 0 fully saturated rings. The fourth-order valence-corrected chi connectivity index (χ4v) is 9.64. The van der Waals surface area contributed by atoms with E-state index in [4.69, 9.17) is 0 Å². The molecule has 2 aliphatic rings. The molecule has 0 amide bonds. The number of benzene rings is 9. The standard InChI is InChI=1S/C55H38/c1-35-17-26-42(27-18-35)55(43-28-19-36(2)20-29-43)52-16-6-5-13-47(52)48-30-25-40(34-53(48)55)38-23-21-37(22-24-38)39-9-7-10-41(33-39)44-31-32-51-46-12-4-3-11-45(46)50-15-8-14-49(44)54(50)51/h3-34H,1-2H3. The van der Waals surface area contributed by atoms with Crippen LogP contribution in [0.2, 0.25) is 0 Å². The smallest absolute Gasteiger partial charge is 0.0619 e. The molecule has 11 rings (SSSR count). The van der Waals surface area contributed by atoms with Crippen molar-refractivity contribution in [3.05, 3.63) is 228 Å². The molecule has 9 aromatic carbocycles. The molecular weight excluding hydrogens is 661 g/mol. The highest BCUT2D eigenvalue weighted by Gasteiger charge is 2.46. The van der Waals surface area contributed by atoms with Crippen LogP contribution in [0, 0.1) is 13.8 Å². The van der Waals surface area contributed by atoms with E-state index in [9.17, 15) is 0 Å². The van der Waals surface area contributed by atoms with Gasteiger partial charge in [-0.1, -0.05) is 193 Å². The monoisotopic (exact) mass is 698 g/mol. The van der Waals surface area contributed by atoms with Gasteiger partial charge in [-0.25, -0.2) is 0 Å². The summed E-state index contributed by atoms with van der Waals surface area (Å²) in [4.78, 5) is 0. The predicted molar refractivity (Wildman–Crippen MR) is 231 cm³/mol. The second-order valence-corrected chi connectivity index (χ2v) is 15.4. The van der Waals surface area contributed by atoms with Crippen LogP contribution in [-0.4, -0.2) is 0 Å². The quantitative estimate of drug-likeness (QED) is 0.168. The van der Waals surface area contributed by atoms with Gasteiger partial charge in [0.15, 0.2) is 0 Å². The van der Waals surface area contributed by atoms with Crippen molar-refractivity contribution in [1.29, 1.82) is 0 Å². The van der Waals surface area contributed by atoms with E-state index < -0.39 is 5.41 Å². The van der Waals surface area contributed by atoms with E-state index in [1.807, 2.05) is 0 Å². The third-order valence-corrected chi connectivity index (χ3v) is 12.3. The van der Waals surface area contributed by atoms with Gasteiger partial charge in [0, 0.05) is 0 Å². The maximum absolute atomic E-state index is 2.46. The van der Waals surface area contributed by atoms with Crippen LogP contribution in [0.15, 0.2) is 194 Å². The Morgan fingerprint density at radius 2 is 0.764 bits per heavy atom. The van der Waals surface area contributed by atoms with Crippen LogP contribution in [0.3, 0.4) is 0 Å². The van der Waals surface area contributed by atoms with Gasteiger partial charge in [0.25, 0.3) is 0 Å². The van der Waals surface area contributed by atoms with Crippen molar-refractivity contribution in [2.75, 3.05) is 0 Å². The molecule has 55 heavy (non-hydrogen) atoms. The van der Waals surface area contributed by atoms with E-state index in [-0.39, 0.29) is 0 Å². The Morgan fingerprint density at radius 3 is 1.44 bits per heavy atom. The lowest BCUT2D eigenvalue weighted by Gasteiger charge is -2.34. The maximum atomic E-state index is 2.46. The summed E-state index contributed by atoms with van der Waals surface area (Å²) in [5.41, 5.74) is 22.7. The maximum Gasteiger partial charge on any atom is 0.0713 e. The Kier molecular flexibility index (Phi) is 7.00. The Balaban J connectivity index is 0.995. The highest BCUT2D eigenvalue weighted by molar-refractivity contribution is 6.18. The van der Waals surface area contributed by atoms with Gasteiger partial charge in [-0.3, -0.25) is 0 Å². The molecule has 0 nitrogen and oxygen atoms in total. The summed E-state index contributed by atoms with van der Waals surface area (Å²) < 4.78 is 0. The fourth-order valence-electron chi connectivity index (χ4n) is 9.64. The molecule has 0 spiro atoms. The molecule has 0 unspecified atom stereocenters. The minimum Gasteiger partial charge on any atom is -0.0619 e. The van der Waals surface area contributed by atoms with Crippen LogP contribution >= 0.6 is 0 Å². The summed E-state index contributed by atoms with van der Waals surface area (Å²) in [6.45, 7) is 4.34. The molecule has 0 N–H and O–H groups in total. The molecule has 0 aliphatic heterocycles. The lowest BCUT2D eigenvalue weighted by molar-refractivity contribution is 0.768. The summed E-state index contributed by atoms with van der Waals surface area (Å²) in [7, 11) is 0. The van der Waals surface area contributed by atoms with Crippen molar-refractivity contribution in [3.8, 4) is 66.8 Å². The second-order valence-electron chi connectivity index (χ2n) is 15.4. The van der Waals surface area contributed by atoms with Crippen LogP contribution in [0.1, 0.15) is 33.4 Å². The number of rotatable bonds is 5. The van der Waals surface area contributed by atoms with E-state index in [0.717, 1.165) is 0 Å². The van der Waals surface area contributed by atoms with Crippen molar-refractivity contribution >= 4 is 10.8 Å². The highest BCUT2D eigenvalue weighted by Crippen LogP contribution is 2.57. The first-order valence-corrected chi connectivity index (χ1v) is 19.3. The third kappa shape index (κ3) is 4.71. The number of fused-ring (bicyclic) bond motifs is 6. The summed E-state index contributed by atoms with van der Waals surface area (Å²) in [6, 6.07) is 72.8. The normalized spacial score (nSPS) is 13.1. The average molecular weight is 699 g/mol. The first-order valence-electron chi connectivity index (χ1n) is 19.3. The van der Waals surface area contributed by atoms with Gasteiger partial charge in [0.1, 0.15) is 0 Å². The van der Waals surface area contributed by atoms with E-state index in [1.165, 1.54) is 111 Å². The minimum atomic E-state index is -0.421. The number of aryl methyl sites for hydroxylation is 2. The Bertz CT molecular complexity index is 2890. The molecule has 0 radical (unpaired) electrons. The number of hydrogen-bond acceptors (Lipinski definition) is 0. The van der Waals surface area contributed by atoms with E-state index in [2.05, 4.69) is 208 Å². The molecule has 0 bridgehead atoms. The fraction of sp³-hybridized carbons (Fsp3) is 0.0545. The van der Waals surface area contributed by atoms with Crippen LogP contribution in [-0.2, 0) is 5.41 Å². The number of hydrogen-bond donors (Lipinski definition) is 0. The van der Waals surface area contributed by atoms with E-state index in [0.29, 0.717) is 0 Å². The lowest BCUT2D eigenvalue weighted by Crippen LogP contribution is -2.28. The van der Waals surface area contributed by atoms with Gasteiger partial charge in [-0.15, -0.1) is 0 Å². The molecule has 0 heteroatoms. The van der Waals surface area contributed by atoms with Crippen molar-refractivity contribution in [2.45, 2.75) is 19.3 Å². The first-order chi connectivity index (χ1) is 27.1. The molecule has 0 saturated heterocycles. The lowest BCUT2D eigenvalue weighted by atomic mass is 9.67. The van der Waals surface area contributed by atoms with Gasteiger partial charge < -0.3 is 0 Å². The third-order valence-electron chi connectivity index (χ3n) is 12.3. The summed E-state index contributed by atoms with van der Waals surface area (Å²) in [5.74, 6) is 0. The SMILES string of the molecule is Cc1ccc(C2(c3ccc(C)cc3)c3ccccc3-c3ccc(-c4ccc(-c5cccc(-c6ccc7c8c(cccc68)-c6ccccc6-7)c5)cc4)cc32)cc1. The van der Waals surface area contributed by atoms with Crippen molar-refractivity contribution in [3.63, 3.8) is 0 Å². The van der Waals surface area contributed by atoms with E-state index in [1.54, 1.807) is 0 Å². The van der Waals surface area contributed by atoms with E-state index >= 15 is 0 Å². The van der Waals surface area contributed by atoms with Crippen molar-refractivity contribution < 1.29 is 0 Å². The molecule has 0 aromatic heterocycles. The van der Waals surface area contributed by atoms with Crippen LogP contribution in [0.4, 0.5) is 0 Å². The topological polar surface area (TPSA) is 0 Å². The van der Waals surface area contributed by atoms with Gasteiger partial charge in [-0.05, 0) is 126 Å². The summed E-state index contributed by atoms with van der Waals surface area (Å²) in [6.07, 6.45) is 0. The van der Waals surface area contributed by atoms with Gasteiger partial charge in [-0.2, -0.15) is 0 Å². The molecule has 0 atom stereocenters. The van der Waals surface area contributed by atoms with Gasteiger partial charge >= 0.3 is 0 Å². The molecular formula is C55H38. The highest BCUT2D eigenvalue weighted by atomic mass is 14.5. The van der Waals surface area contributed by atoms with Crippen molar-refractivity contribution in [1.82, 2.24) is 0 Å². The second kappa shape index (κ2) is 12.1. The Hall–Kier alpha value is -6.76. The van der Waals surface area contributed by atoms with Crippen molar-refractivity contribution in [2.24, 2.45) is 0 Å². The molecule has 9 aromatic rings. The molecule has 0 saturated carbocycles. The summed E-state index contributed by atoms with van der Waals surface area (Å²) >= 11 is 0. The predicted octanol–water partition coefficient (Wildman–Crippen LogP) is 14.5. The van der Waals surface area contributed by atoms with Crippen LogP contribution in [0.25, 0.3) is 77.5 Å². The van der Waals surface area contributed by atoms with Gasteiger partial charge in [0.05, 0.1) is 5.41 Å². The zero-order valence-corrected chi connectivity index (χ0v) is 31.0. The summed E-state index contributed by atoms with van der Waals surface area (Å²) in [5, 5.41) is 2.67. The zero-order valence-electron chi connectivity index (χ0n) is 31.0. The van der Waals surface area contributed by atoms with Crippen LogP contribution in [0.5, 0.6) is 0 Å². The Morgan fingerprint density at radius 1 is 0.291 bits per heavy atom. The van der Waals surface area contributed by atoms with Crippen LogP contribution < -0.4 is 0 Å². The average Bonchev–Trinajstić information content (AvgIpc) is 3.73. The molecule has 0 heterocycles. The molecule has 258 valence electrons. The minimum absolute atomic E-state index is 0.421. The Labute approximate surface area is 323 Å². The zero-order chi connectivity index (χ0) is 36.7. The molecule has 2 aliphatic carbocycles. The first kappa shape index (κ1) is 31.7. The van der Waals surface area contributed by atoms with Gasteiger partial charge in [0.2, 0.25) is 0 Å².